The topological polar surface area (TPSA) is 64.1 Å². The van der Waals surface area contributed by atoms with E-state index in [1.54, 1.807) is 4.90 Å². The molecule has 2 aliphatic heterocycles. The Kier molecular flexibility index (Phi) is 4.33. The van der Waals surface area contributed by atoms with Gasteiger partial charge in [0.25, 0.3) is 0 Å². The van der Waals surface area contributed by atoms with Crippen LogP contribution in [0.5, 0.6) is 0 Å². The number of carbonyl (C=O) groups is 2. The van der Waals surface area contributed by atoms with Crippen LogP contribution in [-0.4, -0.2) is 77.6 Å². The van der Waals surface area contributed by atoms with Crippen LogP contribution in [-0.2, 0) is 4.79 Å². The van der Waals surface area contributed by atoms with E-state index in [4.69, 9.17) is 5.11 Å². The van der Waals surface area contributed by atoms with Crippen molar-refractivity contribution >= 4 is 12.0 Å². The molecule has 118 valence electrons. The largest absolute Gasteiger partial charge is 0.481 e. The highest BCUT2D eigenvalue weighted by molar-refractivity contribution is 5.76. The maximum atomic E-state index is 12.5. The Bertz CT molecular complexity index is 403. The summed E-state index contributed by atoms with van der Waals surface area (Å²) in [6.45, 7) is 5.73. The summed E-state index contributed by atoms with van der Waals surface area (Å²) in [6, 6.07) is 0.0343. The number of amides is 2. The average Bonchev–Trinajstić information content (AvgIpc) is 3.31. The predicted octanol–water partition coefficient (Wildman–Crippen LogP) is 0.931. The van der Waals surface area contributed by atoms with Gasteiger partial charge in [0, 0.05) is 45.8 Å². The number of piperazine rings is 1. The number of carboxylic acids is 1. The molecule has 1 atom stereocenters. The fourth-order valence-electron chi connectivity index (χ4n) is 3.34. The molecule has 3 rings (SSSR count). The van der Waals surface area contributed by atoms with Crippen LogP contribution in [0.3, 0.4) is 0 Å². The third-order valence-electron chi connectivity index (χ3n) is 4.90. The third kappa shape index (κ3) is 3.67. The highest BCUT2D eigenvalue weighted by Gasteiger charge is 2.32. The van der Waals surface area contributed by atoms with E-state index in [2.05, 4.69) is 4.90 Å². The Morgan fingerprint density at radius 2 is 1.67 bits per heavy atom. The van der Waals surface area contributed by atoms with Gasteiger partial charge < -0.3 is 14.9 Å². The van der Waals surface area contributed by atoms with E-state index < -0.39 is 5.97 Å². The molecule has 3 fully saturated rings. The fourth-order valence-corrected chi connectivity index (χ4v) is 3.34. The van der Waals surface area contributed by atoms with Crippen LogP contribution in [0.25, 0.3) is 0 Å². The van der Waals surface area contributed by atoms with Gasteiger partial charge in [0.05, 0.1) is 5.92 Å². The molecule has 6 heteroatoms. The molecule has 0 aromatic carbocycles. The van der Waals surface area contributed by atoms with Crippen LogP contribution in [0.15, 0.2) is 0 Å². The second-order valence-corrected chi connectivity index (χ2v) is 6.64. The van der Waals surface area contributed by atoms with Gasteiger partial charge in [0.1, 0.15) is 0 Å². The molecule has 1 aliphatic carbocycles. The summed E-state index contributed by atoms with van der Waals surface area (Å²) in [4.78, 5) is 29.7. The molecule has 2 heterocycles. The first-order chi connectivity index (χ1) is 10.1. The van der Waals surface area contributed by atoms with Crippen molar-refractivity contribution in [3.63, 3.8) is 0 Å². The van der Waals surface area contributed by atoms with E-state index in [9.17, 15) is 9.59 Å². The van der Waals surface area contributed by atoms with Gasteiger partial charge in [-0.1, -0.05) is 0 Å². The summed E-state index contributed by atoms with van der Waals surface area (Å²) in [5.74, 6) is -0.272. The van der Waals surface area contributed by atoms with Crippen LogP contribution in [0.1, 0.15) is 25.7 Å². The SMILES string of the molecule is O=C(O)C1CCCN(C(=O)N2CCN(CC3CC3)CC2)C1. The molecule has 6 nitrogen and oxygen atoms in total. The molecule has 0 bridgehead atoms. The zero-order valence-electron chi connectivity index (χ0n) is 12.5. The van der Waals surface area contributed by atoms with E-state index in [1.165, 1.54) is 19.4 Å². The Morgan fingerprint density at radius 1 is 0.952 bits per heavy atom. The first-order valence-corrected chi connectivity index (χ1v) is 8.12. The molecule has 0 radical (unpaired) electrons. The van der Waals surface area contributed by atoms with Crippen molar-refractivity contribution in [2.24, 2.45) is 11.8 Å². The molecule has 1 saturated carbocycles. The highest BCUT2D eigenvalue weighted by atomic mass is 16.4. The first-order valence-electron chi connectivity index (χ1n) is 8.12. The zero-order chi connectivity index (χ0) is 14.8. The summed E-state index contributed by atoms with van der Waals surface area (Å²) in [6.07, 6.45) is 4.21. The first kappa shape index (κ1) is 14.6. The van der Waals surface area contributed by atoms with Gasteiger partial charge in [-0.3, -0.25) is 9.69 Å². The lowest BCUT2D eigenvalue weighted by atomic mass is 9.98. The standard InChI is InChI=1S/C15H25N3O3/c19-14(20)13-2-1-5-18(11-13)15(21)17-8-6-16(7-9-17)10-12-3-4-12/h12-13H,1-11H2,(H,19,20). The smallest absolute Gasteiger partial charge is 0.320 e. The third-order valence-corrected chi connectivity index (χ3v) is 4.90. The number of likely N-dealkylation sites (tertiary alicyclic amines) is 1. The molecule has 2 saturated heterocycles. The Labute approximate surface area is 125 Å². The number of carboxylic acid groups (broad SMARTS) is 1. The number of rotatable bonds is 3. The Morgan fingerprint density at radius 3 is 2.29 bits per heavy atom. The van der Waals surface area contributed by atoms with E-state index in [0.29, 0.717) is 19.5 Å². The summed E-state index contributed by atoms with van der Waals surface area (Å²) in [5.41, 5.74) is 0. The van der Waals surface area contributed by atoms with Crippen molar-refractivity contribution in [2.75, 3.05) is 45.8 Å². The average molecular weight is 295 g/mol. The zero-order valence-corrected chi connectivity index (χ0v) is 12.5. The second kappa shape index (κ2) is 6.22. The van der Waals surface area contributed by atoms with Gasteiger partial charge in [0.15, 0.2) is 0 Å². The van der Waals surface area contributed by atoms with E-state index in [-0.39, 0.29) is 11.9 Å². The van der Waals surface area contributed by atoms with Gasteiger partial charge in [-0.05, 0) is 31.6 Å². The summed E-state index contributed by atoms with van der Waals surface area (Å²) in [7, 11) is 0. The van der Waals surface area contributed by atoms with Crippen LogP contribution >= 0.6 is 0 Å². The molecule has 21 heavy (non-hydrogen) atoms. The lowest BCUT2D eigenvalue weighted by Gasteiger charge is -2.39. The molecule has 1 unspecified atom stereocenters. The van der Waals surface area contributed by atoms with Gasteiger partial charge in [0.2, 0.25) is 0 Å². The Balaban J connectivity index is 1.47. The van der Waals surface area contributed by atoms with Crippen molar-refractivity contribution in [2.45, 2.75) is 25.7 Å². The molecule has 1 N–H and O–H groups in total. The van der Waals surface area contributed by atoms with Crippen molar-refractivity contribution < 1.29 is 14.7 Å². The van der Waals surface area contributed by atoms with E-state index in [0.717, 1.165) is 38.5 Å². The number of hydrogen-bond donors (Lipinski definition) is 1. The van der Waals surface area contributed by atoms with Gasteiger partial charge in [-0.15, -0.1) is 0 Å². The fraction of sp³-hybridized carbons (Fsp3) is 0.867. The van der Waals surface area contributed by atoms with Crippen molar-refractivity contribution in [1.82, 2.24) is 14.7 Å². The minimum Gasteiger partial charge on any atom is -0.481 e. The van der Waals surface area contributed by atoms with Gasteiger partial charge >= 0.3 is 12.0 Å². The van der Waals surface area contributed by atoms with Crippen LogP contribution in [0.4, 0.5) is 4.79 Å². The number of aliphatic carboxylic acids is 1. The summed E-state index contributed by atoms with van der Waals surface area (Å²) >= 11 is 0. The van der Waals surface area contributed by atoms with Crippen molar-refractivity contribution in [3.8, 4) is 0 Å². The minimum atomic E-state index is -0.776. The maximum absolute atomic E-state index is 12.5. The normalized spacial score (nSPS) is 27.7. The van der Waals surface area contributed by atoms with Crippen molar-refractivity contribution in [1.29, 1.82) is 0 Å². The number of urea groups is 1. The van der Waals surface area contributed by atoms with Crippen LogP contribution in [0.2, 0.25) is 0 Å². The molecule has 2 amide bonds. The molecular formula is C15H25N3O3. The number of hydrogen-bond acceptors (Lipinski definition) is 3. The monoisotopic (exact) mass is 295 g/mol. The second-order valence-electron chi connectivity index (χ2n) is 6.64. The van der Waals surface area contributed by atoms with E-state index >= 15 is 0 Å². The maximum Gasteiger partial charge on any atom is 0.320 e. The highest BCUT2D eigenvalue weighted by Crippen LogP contribution is 2.30. The lowest BCUT2D eigenvalue weighted by Crippen LogP contribution is -2.55. The van der Waals surface area contributed by atoms with Crippen LogP contribution in [0, 0.1) is 11.8 Å². The number of piperidine rings is 1. The summed E-state index contributed by atoms with van der Waals surface area (Å²) in [5, 5.41) is 9.11. The molecule has 0 spiro atoms. The number of nitrogens with zero attached hydrogens (tertiary/aromatic N) is 3. The predicted molar refractivity (Wildman–Crippen MR) is 78.1 cm³/mol. The van der Waals surface area contributed by atoms with Crippen LogP contribution < -0.4 is 0 Å². The molecular weight excluding hydrogens is 270 g/mol. The molecule has 0 aromatic heterocycles. The Hall–Kier alpha value is -1.30. The quantitative estimate of drug-likeness (QED) is 0.841. The van der Waals surface area contributed by atoms with E-state index in [1.807, 2.05) is 4.90 Å². The van der Waals surface area contributed by atoms with Gasteiger partial charge in [-0.2, -0.15) is 0 Å². The van der Waals surface area contributed by atoms with Gasteiger partial charge in [-0.25, -0.2) is 4.79 Å². The summed E-state index contributed by atoms with van der Waals surface area (Å²) < 4.78 is 0. The molecule has 3 aliphatic rings. The minimum absolute atomic E-state index is 0.0343. The van der Waals surface area contributed by atoms with Crippen molar-refractivity contribution in [3.05, 3.63) is 0 Å². The number of carbonyl (C=O) groups excluding carboxylic acids is 1. The molecule has 0 aromatic rings. The lowest BCUT2D eigenvalue weighted by molar-refractivity contribution is -0.143.